The second kappa shape index (κ2) is 9.14. The third kappa shape index (κ3) is 3.22. The van der Waals surface area contributed by atoms with Crippen LogP contribution in [0.2, 0.25) is 0 Å². The van der Waals surface area contributed by atoms with Crippen LogP contribution in [0.3, 0.4) is 0 Å². The van der Waals surface area contributed by atoms with Gasteiger partial charge in [0.1, 0.15) is 0 Å². The number of aryl methyl sites for hydroxylation is 1. The van der Waals surface area contributed by atoms with Crippen LogP contribution in [0, 0.1) is 12.3 Å². The quantitative estimate of drug-likeness (QED) is 0.547. The van der Waals surface area contributed by atoms with Crippen LogP contribution in [0.15, 0.2) is 36.9 Å². The highest BCUT2D eigenvalue weighted by atomic mass is 14.9. The van der Waals surface area contributed by atoms with Gasteiger partial charge in [-0.2, -0.15) is 0 Å². The lowest BCUT2D eigenvalue weighted by atomic mass is 9.98. The summed E-state index contributed by atoms with van der Waals surface area (Å²) in [4.78, 5) is 0. The fourth-order valence-electron chi connectivity index (χ4n) is 3.55. The van der Waals surface area contributed by atoms with E-state index in [0.29, 0.717) is 0 Å². The molecule has 0 amide bonds. The number of hydrogen-bond donors (Lipinski definition) is 0. The van der Waals surface area contributed by atoms with Crippen molar-refractivity contribution in [3.05, 3.63) is 59.3 Å². The average molecular weight is 334 g/mol. The van der Waals surface area contributed by atoms with Crippen LogP contribution < -0.4 is 0 Å². The molecule has 0 N–H and O–H groups in total. The Labute approximate surface area is 153 Å². The molecule has 1 nitrogen and oxygen atoms in total. The molecule has 1 aromatic carbocycles. The first-order chi connectivity index (χ1) is 12.2. The van der Waals surface area contributed by atoms with Crippen molar-refractivity contribution >= 4 is 22.6 Å². The van der Waals surface area contributed by atoms with Crippen LogP contribution >= 0.6 is 0 Å². The largest absolute Gasteiger partial charge is 0.343 e. The molecule has 25 heavy (non-hydrogen) atoms. The number of allylic oxidation sites excluding steroid dienone is 3. The summed E-state index contributed by atoms with van der Waals surface area (Å²) in [6.45, 7) is 18.1. The number of rotatable bonds is 3. The van der Waals surface area contributed by atoms with Gasteiger partial charge in [0, 0.05) is 18.0 Å². The number of nitrogens with zero attached hydrogens (tertiary/aromatic N) is 1. The molecule has 0 radical (unpaired) electrons. The minimum Gasteiger partial charge on any atom is -0.343 e. The Morgan fingerprint density at radius 3 is 2.28 bits per heavy atom. The van der Waals surface area contributed by atoms with Crippen LogP contribution in [0.4, 0.5) is 0 Å². The fourth-order valence-corrected chi connectivity index (χ4v) is 3.55. The summed E-state index contributed by atoms with van der Waals surface area (Å²) < 4.78 is 2.13. The SMILES string of the molecule is C#Cc1c(C=C)n(C)c2ccc3c(c12)CC(C=C)=C3CC.CC.CC. The Hall–Kier alpha value is -2.46. The van der Waals surface area contributed by atoms with E-state index in [2.05, 4.69) is 42.7 Å². The van der Waals surface area contributed by atoms with Crippen LogP contribution in [-0.2, 0) is 13.5 Å². The average Bonchev–Trinajstić information content (AvgIpc) is 3.18. The first-order valence-corrected chi connectivity index (χ1v) is 9.26. The number of aromatic nitrogens is 1. The Bertz CT molecular complexity index is 851. The maximum absolute atomic E-state index is 5.79. The zero-order valence-corrected chi connectivity index (χ0v) is 16.7. The summed E-state index contributed by atoms with van der Waals surface area (Å²) in [7, 11) is 2.05. The Morgan fingerprint density at radius 1 is 1.16 bits per heavy atom. The van der Waals surface area contributed by atoms with Gasteiger partial charge in [0.2, 0.25) is 0 Å². The van der Waals surface area contributed by atoms with E-state index < -0.39 is 0 Å². The van der Waals surface area contributed by atoms with Crippen LogP contribution in [0.5, 0.6) is 0 Å². The highest BCUT2D eigenvalue weighted by Crippen LogP contribution is 2.41. The summed E-state index contributed by atoms with van der Waals surface area (Å²) in [6.07, 6.45) is 11.6. The van der Waals surface area contributed by atoms with Crippen molar-refractivity contribution in [2.75, 3.05) is 0 Å². The summed E-state index contributed by atoms with van der Waals surface area (Å²) in [5.74, 6) is 2.87. The van der Waals surface area contributed by atoms with Gasteiger partial charge in [0.05, 0.1) is 11.3 Å². The first kappa shape index (κ1) is 20.6. The molecular weight excluding hydrogens is 302 g/mol. The van der Waals surface area contributed by atoms with Crippen molar-refractivity contribution in [2.45, 2.75) is 47.5 Å². The van der Waals surface area contributed by atoms with Crippen molar-refractivity contribution in [1.82, 2.24) is 4.57 Å². The van der Waals surface area contributed by atoms with E-state index in [1.807, 2.05) is 46.9 Å². The number of benzene rings is 1. The lowest BCUT2D eigenvalue weighted by molar-refractivity contribution is 0.953. The van der Waals surface area contributed by atoms with Gasteiger partial charge in [0.15, 0.2) is 0 Å². The van der Waals surface area contributed by atoms with E-state index in [-0.39, 0.29) is 0 Å². The number of terminal acetylenes is 1. The van der Waals surface area contributed by atoms with E-state index in [9.17, 15) is 0 Å². The second-order valence-corrected chi connectivity index (χ2v) is 5.39. The summed E-state index contributed by atoms with van der Waals surface area (Å²) in [5, 5.41) is 1.20. The zero-order chi connectivity index (χ0) is 19.1. The molecular formula is C24H31N. The Kier molecular flexibility index (Phi) is 7.52. The minimum absolute atomic E-state index is 0.925. The molecule has 0 saturated carbocycles. The van der Waals surface area contributed by atoms with E-state index >= 15 is 0 Å². The van der Waals surface area contributed by atoms with Crippen LogP contribution in [-0.4, -0.2) is 4.57 Å². The molecule has 0 spiro atoms. The van der Waals surface area contributed by atoms with E-state index in [1.54, 1.807) is 0 Å². The second-order valence-electron chi connectivity index (χ2n) is 5.39. The van der Waals surface area contributed by atoms with Crippen molar-refractivity contribution in [3.63, 3.8) is 0 Å². The van der Waals surface area contributed by atoms with E-state index in [0.717, 1.165) is 24.1 Å². The number of fused-ring (bicyclic) bond motifs is 3. The third-order valence-electron chi connectivity index (χ3n) is 4.54. The molecule has 2 aromatic rings. The molecule has 0 atom stereocenters. The summed E-state index contributed by atoms with van der Waals surface area (Å²) >= 11 is 0. The van der Waals surface area contributed by atoms with Gasteiger partial charge in [0.25, 0.3) is 0 Å². The highest BCUT2D eigenvalue weighted by Gasteiger charge is 2.24. The molecule has 0 saturated heterocycles. The molecule has 0 unspecified atom stereocenters. The molecule has 132 valence electrons. The molecule has 1 heteroatoms. The maximum Gasteiger partial charge on any atom is 0.0575 e. The lowest BCUT2D eigenvalue weighted by Crippen LogP contribution is -1.91. The molecule has 0 fully saturated rings. The molecule has 1 aliphatic carbocycles. The normalized spacial score (nSPS) is 11.7. The zero-order valence-electron chi connectivity index (χ0n) is 16.7. The predicted octanol–water partition coefficient (Wildman–Crippen LogP) is 6.76. The van der Waals surface area contributed by atoms with Gasteiger partial charge in [-0.25, -0.2) is 0 Å². The first-order valence-electron chi connectivity index (χ1n) is 9.26. The monoisotopic (exact) mass is 333 g/mol. The minimum atomic E-state index is 0.925. The van der Waals surface area contributed by atoms with Gasteiger partial charge >= 0.3 is 0 Å². The standard InChI is InChI=1S/C20H19N.2C2H6/c1-6-13-12-17-16(14(13)7-2)10-11-19-20(17)15(8-3)18(9-4)21(19)5;2*1-2/h3,6,9-11H,1,4,7,12H2,2,5H3;2*1-2H3. The van der Waals surface area contributed by atoms with Crippen LogP contribution in [0.25, 0.3) is 22.6 Å². The highest BCUT2D eigenvalue weighted by molar-refractivity contribution is 5.99. The van der Waals surface area contributed by atoms with Crippen molar-refractivity contribution in [2.24, 2.45) is 7.05 Å². The lowest BCUT2D eigenvalue weighted by Gasteiger charge is -2.06. The van der Waals surface area contributed by atoms with Gasteiger partial charge in [-0.1, -0.05) is 65.8 Å². The van der Waals surface area contributed by atoms with Gasteiger partial charge < -0.3 is 4.57 Å². The molecule has 1 aromatic heterocycles. The molecule has 0 aliphatic heterocycles. The summed E-state index contributed by atoms with van der Waals surface area (Å²) in [5.41, 5.74) is 8.55. The molecule has 3 rings (SSSR count). The molecule has 1 aliphatic rings. The molecule has 0 bridgehead atoms. The number of hydrogen-bond acceptors (Lipinski definition) is 0. The van der Waals surface area contributed by atoms with Crippen molar-refractivity contribution in [3.8, 4) is 12.3 Å². The van der Waals surface area contributed by atoms with Gasteiger partial charge in [-0.15, -0.1) is 6.42 Å². The van der Waals surface area contributed by atoms with Gasteiger partial charge in [-0.05, 0) is 47.3 Å². The summed E-state index contributed by atoms with van der Waals surface area (Å²) in [6, 6.07) is 4.39. The van der Waals surface area contributed by atoms with Crippen LogP contribution in [0.1, 0.15) is 63.4 Å². The van der Waals surface area contributed by atoms with Crippen molar-refractivity contribution < 1.29 is 0 Å². The van der Waals surface area contributed by atoms with Gasteiger partial charge in [-0.3, -0.25) is 0 Å². The fraction of sp³-hybridized carbons (Fsp3) is 0.333. The topological polar surface area (TPSA) is 4.93 Å². The smallest absolute Gasteiger partial charge is 0.0575 e. The predicted molar refractivity (Wildman–Crippen MR) is 115 cm³/mol. The third-order valence-corrected chi connectivity index (χ3v) is 4.54. The van der Waals surface area contributed by atoms with E-state index in [1.165, 1.54) is 33.2 Å². The van der Waals surface area contributed by atoms with E-state index in [4.69, 9.17) is 6.42 Å². The van der Waals surface area contributed by atoms with Crippen molar-refractivity contribution in [1.29, 1.82) is 0 Å². The maximum atomic E-state index is 5.79. The molecule has 1 heterocycles. The Balaban J connectivity index is 0.000000730. The Morgan fingerprint density at radius 2 is 1.80 bits per heavy atom.